The molecule has 0 aromatic heterocycles. The van der Waals surface area contributed by atoms with Crippen molar-refractivity contribution in [1.29, 1.82) is 0 Å². The Balaban J connectivity index is 2.01. The van der Waals surface area contributed by atoms with E-state index in [-0.39, 0.29) is 5.73 Å². The summed E-state index contributed by atoms with van der Waals surface area (Å²) in [4.78, 5) is 0. The summed E-state index contributed by atoms with van der Waals surface area (Å²) in [5, 5.41) is 0. The van der Waals surface area contributed by atoms with Crippen molar-refractivity contribution in [3.63, 3.8) is 0 Å². The van der Waals surface area contributed by atoms with Gasteiger partial charge in [-0.15, -0.1) is 0 Å². The van der Waals surface area contributed by atoms with Gasteiger partial charge < -0.3 is 9.31 Å². The predicted molar refractivity (Wildman–Crippen MR) is 67.2 cm³/mol. The quantitative estimate of drug-likeness (QED) is 0.702. The Morgan fingerprint density at radius 2 is 1.82 bits per heavy atom. The second kappa shape index (κ2) is 4.09. The lowest BCUT2D eigenvalue weighted by atomic mass is 9.87. The second-order valence-electron chi connectivity index (χ2n) is 6.21. The van der Waals surface area contributed by atoms with Gasteiger partial charge in [0.25, 0.3) is 0 Å². The first-order valence-electron chi connectivity index (χ1n) is 6.49. The average molecular weight is 240 g/mol. The molecule has 1 saturated carbocycles. The highest BCUT2D eigenvalue weighted by atomic mass is 19.1. The van der Waals surface area contributed by atoms with Crippen LogP contribution in [-0.4, -0.2) is 18.3 Å². The third-order valence-electron chi connectivity index (χ3n) is 4.35. The molecule has 2 fully saturated rings. The summed E-state index contributed by atoms with van der Waals surface area (Å²) in [7, 11) is -0.821. The maximum atomic E-state index is 14.0. The van der Waals surface area contributed by atoms with Crippen LogP contribution in [-0.2, 0) is 9.31 Å². The van der Waals surface area contributed by atoms with Gasteiger partial charge in [0, 0.05) is 0 Å². The van der Waals surface area contributed by atoms with Gasteiger partial charge in [0.05, 0.1) is 11.2 Å². The first kappa shape index (κ1) is 13.1. The van der Waals surface area contributed by atoms with E-state index in [9.17, 15) is 4.39 Å². The molecule has 4 heteroatoms. The maximum absolute atomic E-state index is 14.0. The van der Waals surface area contributed by atoms with Gasteiger partial charge in [-0.05, 0) is 46.0 Å². The van der Waals surface area contributed by atoms with Crippen LogP contribution in [0.1, 0.15) is 47.5 Å². The van der Waals surface area contributed by atoms with Crippen LogP contribution in [0.25, 0.3) is 0 Å². The molecular formula is C13H22BFO2. The molecule has 17 heavy (non-hydrogen) atoms. The Kier molecular flexibility index (Phi) is 3.15. The van der Waals surface area contributed by atoms with Gasteiger partial charge in [-0.25, -0.2) is 4.39 Å². The van der Waals surface area contributed by atoms with Crippen LogP contribution >= 0.6 is 0 Å². The van der Waals surface area contributed by atoms with Crippen LogP contribution in [0.5, 0.6) is 0 Å². The van der Waals surface area contributed by atoms with Crippen LogP contribution in [0.2, 0.25) is 0 Å². The Morgan fingerprint density at radius 3 is 2.24 bits per heavy atom. The summed E-state index contributed by atoms with van der Waals surface area (Å²) in [6.07, 6.45) is 3.91. The van der Waals surface area contributed by atoms with Crippen molar-refractivity contribution in [3.05, 3.63) is 11.8 Å². The van der Waals surface area contributed by atoms with Crippen LogP contribution in [0.15, 0.2) is 11.8 Å². The minimum atomic E-state index is -0.821. The molecule has 2 rings (SSSR count). The number of halogens is 1. The van der Waals surface area contributed by atoms with Crippen molar-refractivity contribution in [1.82, 2.24) is 0 Å². The van der Waals surface area contributed by atoms with Crippen LogP contribution in [0, 0.1) is 11.8 Å². The topological polar surface area (TPSA) is 18.5 Å². The van der Waals surface area contributed by atoms with Crippen molar-refractivity contribution in [2.24, 2.45) is 11.8 Å². The van der Waals surface area contributed by atoms with Gasteiger partial charge in [0.1, 0.15) is 5.73 Å². The number of hydrogen-bond acceptors (Lipinski definition) is 2. The van der Waals surface area contributed by atoms with Gasteiger partial charge in [-0.2, -0.15) is 0 Å². The highest BCUT2D eigenvalue weighted by Gasteiger charge is 2.53. The van der Waals surface area contributed by atoms with Gasteiger partial charge in [0.15, 0.2) is 0 Å². The molecule has 2 unspecified atom stereocenters. The Labute approximate surface area is 104 Å². The molecule has 0 aromatic carbocycles. The lowest BCUT2D eigenvalue weighted by Crippen LogP contribution is -2.41. The Hall–Kier alpha value is -0.345. The van der Waals surface area contributed by atoms with Crippen molar-refractivity contribution in [3.8, 4) is 0 Å². The molecule has 1 heterocycles. The van der Waals surface area contributed by atoms with Crippen molar-refractivity contribution < 1.29 is 13.7 Å². The summed E-state index contributed by atoms with van der Waals surface area (Å²) in [6.45, 7) is 9.89. The monoisotopic (exact) mass is 240 g/mol. The maximum Gasteiger partial charge on any atom is 0.524 e. The van der Waals surface area contributed by atoms with E-state index in [2.05, 4.69) is 6.92 Å². The van der Waals surface area contributed by atoms with Crippen LogP contribution in [0.4, 0.5) is 4.39 Å². The zero-order valence-electron chi connectivity index (χ0n) is 11.4. The first-order valence-corrected chi connectivity index (χ1v) is 6.49. The normalized spacial score (nSPS) is 35.2. The SMILES string of the molecule is CCC1CC1C=C(F)B1OC(C)(C)C(C)(C)O1. The fraction of sp³-hybridized carbons (Fsp3) is 0.846. The minimum absolute atomic E-state index is 0.260. The second-order valence-corrected chi connectivity index (χ2v) is 6.21. The zero-order chi connectivity index (χ0) is 12.8. The van der Waals surface area contributed by atoms with E-state index in [1.54, 1.807) is 6.08 Å². The molecule has 0 spiro atoms. The molecule has 0 bridgehead atoms. The molecule has 0 radical (unpaired) electrons. The van der Waals surface area contributed by atoms with E-state index < -0.39 is 18.3 Å². The molecule has 0 amide bonds. The van der Waals surface area contributed by atoms with E-state index in [1.165, 1.54) is 0 Å². The summed E-state index contributed by atoms with van der Waals surface area (Å²) >= 11 is 0. The van der Waals surface area contributed by atoms with Crippen LogP contribution in [0.3, 0.4) is 0 Å². The number of hydrogen-bond donors (Lipinski definition) is 0. The minimum Gasteiger partial charge on any atom is -0.398 e. The van der Waals surface area contributed by atoms with E-state index >= 15 is 0 Å². The van der Waals surface area contributed by atoms with Crippen molar-refractivity contribution in [2.75, 3.05) is 0 Å². The molecule has 2 nitrogen and oxygen atoms in total. The van der Waals surface area contributed by atoms with Gasteiger partial charge in [0.2, 0.25) is 0 Å². The lowest BCUT2D eigenvalue weighted by Gasteiger charge is -2.32. The molecule has 0 aromatic rings. The third-order valence-corrected chi connectivity index (χ3v) is 4.35. The van der Waals surface area contributed by atoms with Gasteiger partial charge in [-0.1, -0.05) is 19.4 Å². The van der Waals surface area contributed by atoms with Crippen molar-refractivity contribution >= 4 is 7.12 Å². The molecule has 1 aliphatic heterocycles. The molecular weight excluding hydrogens is 218 g/mol. The van der Waals surface area contributed by atoms with E-state index in [4.69, 9.17) is 9.31 Å². The molecule has 1 saturated heterocycles. The van der Waals surface area contributed by atoms with Crippen LogP contribution < -0.4 is 0 Å². The highest BCUT2D eigenvalue weighted by Crippen LogP contribution is 2.44. The fourth-order valence-electron chi connectivity index (χ4n) is 2.18. The lowest BCUT2D eigenvalue weighted by molar-refractivity contribution is 0.00578. The zero-order valence-corrected chi connectivity index (χ0v) is 11.4. The molecule has 96 valence electrons. The summed E-state index contributed by atoms with van der Waals surface area (Å²) in [5.74, 6) is 1.04. The summed E-state index contributed by atoms with van der Waals surface area (Å²) in [5.41, 5.74) is -1.18. The molecule has 1 aliphatic carbocycles. The van der Waals surface area contributed by atoms with Gasteiger partial charge >= 0.3 is 7.12 Å². The standard InChI is InChI=1S/C13H22BFO2/c1-6-9-7-10(9)8-11(15)14-16-12(2,3)13(4,5)17-14/h8-10H,6-7H2,1-5H3. The van der Waals surface area contributed by atoms with E-state index in [0.717, 1.165) is 12.8 Å². The largest absolute Gasteiger partial charge is 0.524 e. The smallest absolute Gasteiger partial charge is 0.398 e. The predicted octanol–water partition coefficient (Wildman–Crippen LogP) is 3.52. The highest BCUT2D eigenvalue weighted by molar-refractivity contribution is 6.53. The molecule has 0 N–H and O–H groups in total. The van der Waals surface area contributed by atoms with Gasteiger partial charge in [-0.3, -0.25) is 0 Å². The Morgan fingerprint density at radius 1 is 1.29 bits per heavy atom. The third kappa shape index (κ3) is 2.43. The summed E-state index contributed by atoms with van der Waals surface area (Å²) in [6, 6.07) is 0. The Bertz CT molecular complexity index is 322. The average Bonchev–Trinajstić information content (AvgIpc) is 2.89. The fourth-order valence-corrected chi connectivity index (χ4v) is 2.18. The molecule has 2 atom stereocenters. The van der Waals surface area contributed by atoms with E-state index in [0.29, 0.717) is 11.8 Å². The molecule has 2 aliphatic rings. The number of rotatable bonds is 3. The van der Waals surface area contributed by atoms with E-state index in [1.807, 2.05) is 27.7 Å². The summed E-state index contributed by atoms with van der Waals surface area (Å²) < 4.78 is 25.3. The van der Waals surface area contributed by atoms with Crippen molar-refractivity contribution in [2.45, 2.75) is 58.7 Å². The number of allylic oxidation sites excluding steroid dienone is 1. The first-order chi connectivity index (χ1) is 7.77.